The zero-order valence-corrected chi connectivity index (χ0v) is 18.5. The molecule has 2 heterocycles. The van der Waals surface area contributed by atoms with E-state index in [1.807, 2.05) is 50.2 Å². The molecule has 2 aromatic carbocycles. The minimum absolute atomic E-state index is 0.102. The van der Waals surface area contributed by atoms with Gasteiger partial charge in [-0.25, -0.2) is 4.79 Å². The van der Waals surface area contributed by atoms with Gasteiger partial charge in [0.25, 0.3) is 0 Å². The average Bonchev–Trinajstić information content (AvgIpc) is 3.10. The second-order valence-electron chi connectivity index (χ2n) is 8.06. The Bertz CT molecular complexity index is 1400. The molecule has 0 aliphatic heterocycles. The van der Waals surface area contributed by atoms with E-state index in [4.69, 9.17) is 8.83 Å². The Balaban J connectivity index is 1.64. The molecule has 1 amide bonds. The summed E-state index contributed by atoms with van der Waals surface area (Å²) in [6, 6.07) is 13.7. The molecule has 7 heteroatoms. The molecule has 4 aromatic rings. The highest BCUT2D eigenvalue weighted by Gasteiger charge is 2.18. The van der Waals surface area contributed by atoms with Crippen LogP contribution in [0.15, 0.2) is 56.1 Å². The first-order valence-corrected chi connectivity index (χ1v) is 10.9. The summed E-state index contributed by atoms with van der Waals surface area (Å²) in [5.74, 6) is -0.618. The topological polar surface area (TPSA) is 113 Å². The van der Waals surface area contributed by atoms with Crippen molar-refractivity contribution in [3.8, 4) is 11.1 Å². The molecule has 0 unspecified atom stereocenters. The van der Waals surface area contributed by atoms with Crippen molar-refractivity contribution in [1.82, 2.24) is 5.32 Å². The summed E-state index contributed by atoms with van der Waals surface area (Å²) in [5, 5.41) is 14.8. The number of aryl methyl sites for hydroxylation is 2. The van der Waals surface area contributed by atoms with Crippen molar-refractivity contribution in [2.75, 3.05) is 6.54 Å². The van der Waals surface area contributed by atoms with Crippen molar-refractivity contribution in [2.24, 2.45) is 0 Å². The van der Waals surface area contributed by atoms with Crippen LogP contribution in [0.25, 0.3) is 33.1 Å². The minimum atomic E-state index is -1.15. The Morgan fingerprint density at radius 1 is 0.970 bits per heavy atom. The number of amides is 1. The molecule has 0 saturated heterocycles. The molecule has 0 aliphatic rings. The number of hydrogen-bond acceptors (Lipinski definition) is 6. The number of carbonyl (C=O) groups excluding carboxylic acids is 2. The van der Waals surface area contributed by atoms with Gasteiger partial charge in [-0.15, -0.1) is 0 Å². The van der Waals surface area contributed by atoms with Gasteiger partial charge in [0, 0.05) is 46.9 Å². The maximum atomic E-state index is 12.6. The van der Waals surface area contributed by atoms with Crippen LogP contribution in [0.4, 0.5) is 0 Å². The number of aliphatic carboxylic acids is 1. The van der Waals surface area contributed by atoms with Gasteiger partial charge in [0.2, 0.25) is 5.91 Å². The summed E-state index contributed by atoms with van der Waals surface area (Å²) < 4.78 is 11.5. The molecule has 0 radical (unpaired) electrons. The van der Waals surface area contributed by atoms with E-state index in [9.17, 15) is 19.5 Å². The first-order chi connectivity index (χ1) is 15.8. The third-order valence-corrected chi connectivity index (χ3v) is 5.82. The fourth-order valence-corrected chi connectivity index (χ4v) is 4.14. The lowest BCUT2D eigenvalue weighted by Gasteiger charge is -2.09. The summed E-state index contributed by atoms with van der Waals surface area (Å²) in [5.41, 5.74) is 3.86. The van der Waals surface area contributed by atoms with E-state index in [0.29, 0.717) is 23.2 Å². The maximum Gasteiger partial charge on any atom is 0.339 e. The van der Waals surface area contributed by atoms with Gasteiger partial charge in [0.15, 0.2) is 0 Å². The number of carboxylic acid groups (broad SMARTS) is 1. The number of rotatable bonds is 8. The van der Waals surface area contributed by atoms with Gasteiger partial charge in [0.1, 0.15) is 16.9 Å². The second kappa shape index (κ2) is 9.32. The molecular weight excluding hydrogens is 422 g/mol. The standard InChI is InChI=1S/C26H25NO6/c1-15-18(10-11-23(28)27-12-6-9-24(29)30)26(31)33-21-14-22-20(13-19(15)21)25(16(2)32-22)17-7-4-3-5-8-17/h3-5,7-8,13-14H,6,9-12H2,1-2H3,(H,27,28)(H,29,30)/p-1. The molecule has 7 nitrogen and oxygen atoms in total. The lowest BCUT2D eigenvalue weighted by molar-refractivity contribution is -0.305. The molecule has 2 aromatic heterocycles. The lowest BCUT2D eigenvalue weighted by Crippen LogP contribution is -2.28. The molecule has 0 spiro atoms. The third kappa shape index (κ3) is 4.67. The summed E-state index contributed by atoms with van der Waals surface area (Å²) in [6.45, 7) is 4.01. The quantitative estimate of drug-likeness (QED) is 0.328. The lowest BCUT2D eigenvalue weighted by atomic mass is 9.98. The summed E-state index contributed by atoms with van der Waals surface area (Å²) in [7, 11) is 0. The Labute approximate surface area is 190 Å². The van der Waals surface area contributed by atoms with Crippen molar-refractivity contribution in [1.29, 1.82) is 0 Å². The van der Waals surface area contributed by atoms with Crippen molar-refractivity contribution in [2.45, 2.75) is 39.5 Å². The highest BCUT2D eigenvalue weighted by molar-refractivity contribution is 6.03. The van der Waals surface area contributed by atoms with Gasteiger partial charge in [0.05, 0.1) is 0 Å². The first-order valence-electron chi connectivity index (χ1n) is 10.9. The number of furan rings is 1. The molecule has 0 bridgehead atoms. The second-order valence-corrected chi connectivity index (χ2v) is 8.06. The van der Waals surface area contributed by atoms with Crippen LogP contribution in [0.1, 0.15) is 36.1 Å². The molecule has 170 valence electrons. The van der Waals surface area contributed by atoms with Gasteiger partial charge in [-0.05, 0) is 50.3 Å². The zero-order valence-electron chi connectivity index (χ0n) is 18.5. The Morgan fingerprint density at radius 3 is 2.42 bits per heavy atom. The highest BCUT2D eigenvalue weighted by atomic mass is 16.4. The SMILES string of the molecule is Cc1oc2cc3oc(=O)c(CCC(=O)NCCCC(=O)[O-])c(C)c3cc2c1-c1ccccc1. The van der Waals surface area contributed by atoms with Crippen LogP contribution in [-0.2, 0) is 16.0 Å². The Kier molecular flexibility index (Phi) is 6.31. The number of nitrogens with one attached hydrogen (secondary N) is 1. The van der Waals surface area contributed by atoms with Gasteiger partial charge in [-0.1, -0.05) is 30.3 Å². The number of carboxylic acids is 1. The molecule has 4 rings (SSSR count). The molecule has 0 atom stereocenters. The monoisotopic (exact) mass is 446 g/mol. The van der Waals surface area contributed by atoms with Crippen LogP contribution in [0.3, 0.4) is 0 Å². The van der Waals surface area contributed by atoms with E-state index in [0.717, 1.165) is 33.2 Å². The normalized spacial score (nSPS) is 11.2. The zero-order chi connectivity index (χ0) is 23.5. The van der Waals surface area contributed by atoms with Crippen LogP contribution >= 0.6 is 0 Å². The Morgan fingerprint density at radius 2 is 1.70 bits per heavy atom. The number of carbonyl (C=O) groups is 2. The summed E-state index contributed by atoms with van der Waals surface area (Å²) in [6.07, 6.45) is 0.519. The van der Waals surface area contributed by atoms with E-state index >= 15 is 0 Å². The molecular formula is C26H24NO6-. The van der Waals surface area contributed by atoms with Gasteiger partial charge in [-0.3, -0.25) is 4.79 Å². The summed E-state index contributed by atoms with van der Waals surface area (Å²) in [4.78, 5) is 35.2. The van der Waals surface area contributed by atoms with Crippen LogP contribution in [-0.4, -0.2) is 18.4 Å². The molecule has 33 heavy (non-hydrogen) atoms. The average molecular weight is 446 g/mol. The number of hydrogen-bond donors (Lipinski definition) is 1. The van der Waals surface area contributed by atoms with Gasteiger partial charge < -0.3 is 24.1 Å². The van der Waals surface area contributed by atoms with Gasteiger partial charge in [-0.2, -0.15) is 0 Å². The molecule has 0 fully saturated rings. The van der Waals surface area contributed by atoms with Crippen LogP contribution in [0.2, 0.25) is 0 Å². The van der Waals surface area contributed by atoms with E-state index in [-0.39, 0.29) is 31.7 Å². The number of fused-ring (bicyclic) bond motifs is 2. The largest absolute Gasteiger partial charge is 0.550 e. The fraction of sp³-hybridized carbons (Fsp3) is 0.269. The van der Waals surface area contributed by atoms with E-state index in [1.165, 1.54) is 0 Å². The van der Waals surface area contributed by atoms with Crippen LogP contribution in [0.5, 0.6) is 0 Å². The predicted octanol–water partition coefficient (Wildman–Crippen LogP) is 3.40. The van der Waals surface area contributed by atoms with Crippen LogP contribution < -0.4 is 16.0 Å². The molecule has 0 saturated carbocycles. The molecule has 0 aliphatic carbocycles. The number of benzene rings is 2. The maximum absolute atomic E-state index is 12.6. The van der Waals surface area contributed by atoms with Crippen molar-refractivity contribution < 1.29 is 23.5 Å². The third-order valence-electron chi connectivity index (χ3n) is 5.82. The van der Waals surface area contributed by atoms with Gasteiger partial charge >= 0.3 is 5.63 Å². The predicted molar refractivity (Wildman–Crippen MR) is 123 cm³/mol. The van der Waals surface area contributed by atoms with E-state index in [2.05, 4.69) is 5.32 Å². The van der Waals surface area contributed by atoms with E-state index < -0.39 is 11.6 Å². The fourth-order valence-electron chi connectivity index (χ4n) is 4.14. The van der Waals surface area contributed by atoms with Crippen molar-refractivity contribution in [3.63, 3.8) is 0 Å². The van der Waals surface area contributed by atoms with Crippen molar-refractivity contribution in [3.05, 3.63) is 69.8 Å². The smallest absolute Gasteiger partial charge is 0.339 e. The minimum Gasteiger partial charge on any atom is -0.550 e. The highest BCUT2D eigenvalue weighted by Crippen LogP contribution is 2.37. The van der Waals surface area contributed by atoms with Crippen LogP contribution in [0, 0.1) is 13.8 Å². The van der Waals surface area contributed by atoms with E-state index in [1.54, 1.807) is 6.07 Å². The summed E-state index contributed by atoms with van der Waals surface area (Å²) >= 11 is 0. The Hall–Kier alpha value is -3.87. The first kappa shape index (κ1) is 22.3. The van der Waals surface area contributed by atoms with Crippen molar-refractivity contribution >= 4 is 33.8 Å². The molecule has 1 N–H and O–H groups in total.